The third-order valence-electron chi connectivity index (χ3n) is 7.10. The predicted molar refractivity (Wildman–Crippen MR) is 175 cm³/mol. The summed E-state index contributed by atoms with van der Waals surface area (Å²) in [4.78, 5) is 19.1. The van der Waals surface area contributed by atoms with E-state index in [-0.39, 0.29) is 34.4 Å². The Labute approximate surface area is 266 Å². The van der Waals surface area contributed by atoms with Crippen molar-refractivity contribution < 1.29 is 0 Å². The Bertz CT molecular complexity index is 2150. The van der Waals surface area contributed by atoms with Gasteiger partial charge in [-0.1, -0.05) is 90.5 Å². The summed E-state index contributed by atoms with van der Waals surface area (Å²) in [6.07, 6.45) is 0. The van der Waals surface area contributed by atoms with Crippen LogP contribution in [0.15, 0.2) is 97.1 Å². The van der Waals surface area contributed by atoms with Crippen LogP contribution in [0.2, 0.25) is 0 Å². The molecule has 0 radical (unpaired) electrons. The van der Waals surface area contributed by atoms with Gasteiger partial charge in [-0.25, -0.2) is 19.9 Å². The summed E-state index contributed by atoms with van der Waals surface area (Å²) in [6, 6.07) is 39.8. The summed E-state index contributed by atoms with van der Waals surface area (Å²) in [7, 11) is 0. The summed E-state index contributed by atoms with van der Waals surface area (Å²) >= 11 is 0. The Kier molecular flexibility index (Phi) is 9.00. The van der Waals surface area contributed by atoms with Gasteiger partial charge in [0.2, 0.25) is 0 Å². The highest BCUT2D eigenvalue weighted by molar-refractivity contribution is 5.97. The number of hydrogen-bond donors (Lipinski definition) is 0. The fourth-order valence-electron chi connectivity index (χ4n) is 4.90. The van der Waals surface area contributed by atoms with Crippen LogP contribution in [-0.4, -0.2) is 19.9 Å². The number of rotatable bonds is 4. The second-order valence-corrected chi connectivity index (χ2v) is 10.2. The lowest BCUT2D eigenvalue weighted by atomic mass is 9.98. The second kappa shape index (κ2) is 13.6. The van der Waals surface area contributed by atoms with Crippen molar-refractivity contribution in [2.75, 3.05) is 4.90 Å². The lowest BCUT2D eigenvalue weighted by Crippen LogP contribution is -2.19. The van der Waals surface area contributed by atoms with E-state index in [0.717, 1.165) is 21.9 Å². The molecule has 4 aromatic carbocycles. The Hall–Kier alpha value is -6.94. The molecule has 6 aromatic rings. The number of hydrogen-bond acceptors (Lipinski definition) is 9. The van der Waals surface area contributed by atoms with E-state index in [4.69, 9.17) is 0 Å². The Balaban J connectivity index is 0.000000527. The van der Waals surface area contributed by atoms with Crippen LogP contribution in [-0.2, 0) is 0 Å². The minimum Gasteiger partial charge on any atom is -0.276 e. The number of aromatic nitrogens is 4. The first-order chi connectivity index (χ1) is 22.4. The molecule has 0 saturated carbocycles. The molecule has 0 aliphatic rings. The van der Waals surface area contributed by atoms with Crippen LogP contribution in [0.3, 0.4) is 0 Å². The van der Waals surface area contributed by atoms with Crippen molar-refractivity contribution in [3.8, 4) is 35.4 Å². The molecule has 2 aromatic heterocycles. The van der Waals surface area contributed by atoms with E-state index in [0.29, 0.717) is 17.1 Å². The van der Waals surface area contributed by atoms with Crippen molar-refractivity contribution in [3.05, 3.63) is 137 Å². The monoisotopic (exact) mass is 595 g/mol. The van der Waals surface area contributed by atoms with E-state index in [9.17, 15) is 21.0 Å². The first-order valence-corrected chi connectivity index (χ1v) is 14.2. The highest BCUT2D eigenvalue weighted by Gasteiger charge is 2.25. The fraction of sp³-hybridized carbons (Fsp3) is 0.0811. The van der Waals surface area contributed by atoms with Gasteiger partial charge in [0.1, 0.15) is 24.3 Å². The molecular weight excluding hydrogens is 570 g/mol. The van der Waals surface area contributed by atoms with Gasteiger partial charge in [0.25, 0.3) is 0 Å². The summed E-state index contributed by atoms with van der Waals surface area (Å²) in [5.41, 5.74) is 4.24. The number of nitriles is 4. The molecule has 9 nitrogen and oxygen atoms in total. The molecule has 0 amide bonds. The zero-order valence-electron chi connectivity index (χ0n) is 25.3. The molecule has 0 N–H and O–H groups in total. The van der Waals surface area contributed by atoms with Crippen molar-refractivity contribution in [2.24, 2.45) is 0 Å². The molecule has 0 saturated heterocycles. The molecule has 0 aliphatic heterocycles. The molecule has 46 heavy (non-hydrogen) atoms. The number of aryl methyl sites for hydroxylation is 3. The average molecular weight is 596 g/mol. The second-order valence-electron chi connectivity index (χ2n) is 10.2. The molecule has 0 unspecified atom stereocenters. The number of benzene rings is 4. The Morgan fingerprint density at radius 1 is 0.500 bits per heavy atom. The minimum atomic E-state index is -0.143. The topological polar surface area (TPSA) is 150 Å². The van der Waals surface area contributed by atoms with Gasteiger partial charge in [0.05, 0.1) is 11.4 Å². The van der Waals surface area contributed by atoms with E-state index in [2.05, 4.69) is 63.3 Å². The van der Waals surface area contributed by atoms with Crippen LogP contribution in [0.4, 0.5) is 17.3 Å². The van der Waals surface area contributed by atoms with E-state index in [1.807, 2.05) is 84.9 Å². The maximum absolute atomic E-state index is 9.61. The van der Waals surface area contributed by atoms with Gasteiger partial charge in [-0.2, -0.15) is 21.0 Å². The van der Waals surface area contributed by atoms with Crippen LogP contribution in [0.5, 0.6) is 0 Å². The average Bonchev–Trinajstić information content (AvgIpc) is 3.10. The summed E-state index contributed by atoms with van der Waals surface area (Å²) < 4.78 is 0. The van der Waals surface area contributed by atoms with Gasteiger partial charge in [-0.3, -0.25) is 4.90 Å². The molecule has 2 heterocycles. The van der Waals surface area contributed by atoms with Crippen LogP contribution in [0.1, 0.15) is 39.7 Å². The third kappa shape index (κ3) is 6.21. The van der Waals surface area contributed by atoms with E-state index in [1.54, 1.807) is 18.7 Å². The minimum absolute atomic E-state index is 0.0923. The largest absolute Gasteiger partial charge is 0.276 e. The molecule has 0 bridgehead atoms. The standard InChI is InChI=1S/C30H17N9.C7H8/c1-18-29(37-27(16-33)25(14-31)35-18)39(30-19(2)36-26(15-32)28(17-34)38-30)22-12-10-21(11-13-22)24-9-5-7-20-6-3-4-8-23(20)24;1-7-5-3-2-4-6-7/h3-13H,1-2H3;2-6H,1H3. The molecular formula is C37H25N9. The van der Waals surface area contributed by atoms with Gasteiger partial charge in [-0.05, 0) is 54.8 Å². The van der Waals surface area contributed by atoms with Gasteiger partial charge in [0, 0.05) is 5.69 Å². The molecule has 0 aliphatic carbocycles. The van der Waals surface area contributed by atoms with Crippen LogP contribution >= 0.6 is 0 Å². The fourth-order valence-corrected chi connectivity index (χ4v) is 4.90. The van der Waals surface area contributed by atoms with E-state index < -0.39 is 0 Å². The van der Waals surface area contributed by atoms with Crippen LogP contribution in [0, 0.1) is 66.1 Å². The first-order valence-electron chi connectivity index (χ1n) is 14.2. The van der Waals surface area contributed by atoms with Gasteiger partial charge >= 0.3 is 0 Å². The third-order valence-corrected chi connectivity index (χ3v) is 7.10. The van der Waals surface area contributed by atoms with Gasteiger partial charge in [-0.15, -0.1) is 0 Å². The van der Waals surface area contributed by atoms with Crippen molar-refractivity contribution in [1.29, 1.82) is 21.0 Å². The summed E-state index contributed by atoms with van der Waals surface area (Å²) in [5, 5.41) is 40.3. The van der Waals surface area contributed by atoms with Crippen molar-refractivity contribution in [2.45, 2.75) is 20.8 Å². The van der Waals surface area contributed by atoms with Gasteiger partial charge < -0.3 is 0 Å². The Morgan fingerprint density at radius 3 is 1.48 bits per heavy atom. The van der Waals surface area contributed by atoms with Crippen molar-refractivity contribution in [3.63, 3.8) is 0 Å². The predicted octanol–water partition coefficient (Wildman–Crippen LogP) is 7.66. The molecule has 0 fully saturated rings. The van der Waals surface area contributed by atoms with Crippen LogP contribution in [0.25, 0.3) is 21.9 Å². The zero-order chi connectivity index (χ0) is 32.6. The van der Waals surface area contributed by atoms with Crippen molar-refractivity contribution >= 4 is 28.1 Å². The summed E-state index contributed by atoms with van der Waals surface area (Å²) in [6.45, 7) is 5.42. The highest BCUT2D eigenvalue weighted by atomic mass is 15.3. The number of nitrogens with zero attached hydrogens (tertiary/aromatic N) is 9. The smallest absolute Gasteiger partial charge is 0.179 e. The summed E-state index contributed by atoms with van der Waals surface area (Å²) in [5.74, 6) is 0.490. The maximum atomic E-state index is 9.61. The highest BCUT2D eigenvalue weighted by Crippen LogP contribution is 2.37. The molecule has 0 spiro atoms. The first kappa shape index (κ1) is 30.5. The molecule has 0 atom stereocenters. The lowest BCUT2D eigenvalue weighted by Gasteiger charge is -2.26. The Morgan fingerprint density at radius 2 is 0.978 bits per heavy atom. The number of anilines is 3. The van der Waals surface area contributed by atoms with Crippen molar-refractivity contribution in [1.82, 2.24) is 19.9 Å². The van der Waals surface area contributed by atoms with E-state index >= 15 is 0 Å². The number of fused-ring (bicyclic) bond motifs is 1. The van der Waals surface area contributed by atoms with Gasteiger partial charge in [0.15, 0.2) is 34.4 Å². The normalized spacial score (nSPS) is 9.98. The van der Waals surface area contributed by atoms with Crippen LogP contribution < -0.4 is 4.90 Å². The zero-order valence-corrected chi connectivity index (χ0v) is 25.3. The molecule has 9 heteroatoms. The molecule has 218 valence electrons. The lowest BCUT2D eigenvalue weighted by molar-refractivity contribution is 0.985. The SMILES string of the molecule is Cc1ccccc1.Cc1nc(C#N)c(C#N)nc1N(c1ccc(-c2cccc3ccccc23)cc1)c1nc(C#N)c(C#N)nc1C. The quantitative estimate of drug-likeness (QED) is 0.200. The maximum Gasteiger partial charge on any atom is 0.179 e. The molecule has 6 rings (SSSR count). The van der Waals surface area contributed by atoms with E-state index in [1.165, 1.54) is 5.56 Å².